The molecule has 1 N–H and O–H groups in total. The second-order valence-electron chi connectivity index (χ2n) is 8.42. The zero-order chi connectivity index (χ0) is 24.2. The summed E-state index contributed by atoms with van der Waals surface area (Å²) >= 11 is 3.33. The molecule has 4 aromatic rings. The Labute approximate surface area is 205 Å². The van der Waals surface area contributed by atoms with E-state index in [4.69, 9.17) is 0 Å². The van der Waals surface area contributed by atoms with Crippen LogP contribution in [0.25, 0.3) is 22.3 Å². The van der Waals surface area contributed by atoms with Gasteiger partial charge in [-0.1, -0.05) is 29.8 Å². The molecule has 1 fully saturated rings. The van der Waals surface area contributed by atoms with Gasteiger partial charge in [0, 0.05) is 30.4 Å². The van der Waals surface area contributed by atoms with E-state index in [1.165, 1.54) is 12.4 Å². The van der Waals surface area contributed by atoms with Gasteiger partial charge in [0.05, 0.1) is 17.2 Å². The minimum absolute atomic E-state index is 0.138. The minimum Gasteiger partial charge on any atom is -0.389 e. The number of fused-ring (bicyclic) bond motifs is 1. The van der Waals surface area contributed by atoms with E-state index in [9.17, 15) is 18.3 Å². The van der Waals surface area contributed by atoms with Crippen LogP contribution >= 0.6 is 15.9 Å². The van der Waals surface area contributed by atoms with Crippen molar-refractivity contribution in [2.75, 3.05) is 13.1 Å². The van der Waals surface area contributed by atoms with E-state index in [2.05, 4.69) is 25.9 Å². The first-order valence-corrected chi connectivity index (χ1v) is 12.8. The van der Waals surface area contributed by atoms with Gasteiger partial charge in [-0.3, -0.25) is 4.79 Å². The Morgan fingerprint density at radius 1 is 1.12 bits per heavy atom. The molecule has 3 heterocycles. The molecule has 2 aromatic heterocycles. The normalized spacial score (nSPS) is 14.4. The standard InChI is InChI=1S/C24H21BrN4O4S/c1-14-3-6-18(7-4-14)34(32,33)29-13-20(22-23(29)26-10-21(25)27-22)16-5-8-19(15(2)9-16)24(31)28-11-17(30)12-28/h3-10,13,17,30H,11-12H2,1-2H3. The summed E-state index contributed by atoms with van der Waals surface area (Å²) in [5, 5.41) is 9.50. The van der Waals surface area contributed by atoms with Crippen molar-refractivity contribution in [3.8, 4) is 11.1 Å². The number of aryl methyl sites for hydroxylation is 2. The van der Waals surface area contributed by atoms with Gasteiger partial charge >= 0.3 is 0 Å². The highest BCUT2D eigenvalue weighted by Crippen LogP contribution is 2.33. The number of halogens is 1. The molecule has 2 aromatic carbocycles. The first-order chi connectivity index (χ1) is 16.1. The zero-order valence-corrected chi connectivity index (χ0v) is 20.8. The Kier molecular flexibility index (Phi) is 5.54. The fourth-order valence-corrected chi connectivity index (χ4v) is 5.62. The summed E-state index contributed by atoms with van der Waals surface area (Å²) in [5.74, 6) is -0.138. The molecular formula is C24H21BrN4O4S. The molecule has 0 saturated carbocycles. The minimum atomic E-state index is -3.91. The van der Waals surface area contributed by atoms with Gasteiger partial charge < -0.3 is 10.0 Å². The van der Waals surface area contributed by atoms with Crippen molar-refractivity contribution in [1.29, 1.82) is 0 Å². The summed E-state index contributed by atoms with van der Waals surface area (Å²) in [6, 6.07) is 12.0. The smallest absolute Gasteiger partial charge is 0.269 e. The number of β-amino-alcohol motifs (C(OH)–C–C–N with tert-alkyl or cyclic N) is 1. The summed E-state index contributed by atoms with van der Waals surface area (Å²) in [6.45, 7) is 4.38. The van der Waals surface area contributed by atoms with Crippen LogP contribution in [-0.4, -0.2) is 57.5 Å². The van der Waals surface area contributed by atoms with E-state index in [1.807, 2.05) is 19.9 Å². The van der Waals surface area contributed by atoms with Crippen molar-refractivity contribution in [3.05, 3.63) is 76.2 Å². The first kappa shape index (κ1) is 22.7. The number of aliphatic hydroxyl groups is 1. The fourth-order valence-electron chi connectivity index (χ4n) is 4.02. The molecule has 1 saturated heterocycles. The molecule has 0 atom stereocenters. The summed E-state index contributed by atoms with van der Waals surface area (Å²) in [5.41, 5.74) is 4.18. The second-order valence-corrected chi connectivity index (χ2v) is 11.0. The number of carbonyl (C=O) groups excluding carboxylic acids is 1. The number of nitrogens with zero attached hydrogens (tertiary/aromatic N) is 4. The number of aromatic nitrogens is 3. The Morgan fingerprint density at radius 2 is 1.82 bits per heavy atom. The third-order valence-electron chi connectivity index (χ3n) is 5.93. The van der Waals surface area contributed by atoms with Crippen LogP contribution in [0.5, 0.6) is 0 Å². The molecule has 0 unspecified atom stereocenters. The van der Waals surface area contributed by atoms with Crippen molar-refractivity contribution < 1.29 is 18.3 Å². The van der Waals surface area contributed by atoms with E-state index >= 15 is 0 Å². The number of hydrogen-bond donors (Lipinski definition) is 1. The van der Waals surface area contributed by atoms with Crippen LogP contribution in [0.15, 0.2) is 64.4 Å². The summed E-state index contributed by atoms with van der Waals surface area (Å²) < 4.78 is 28.5. The molecule has 1 aliphatic heterocycles. The highest BCUT2D eigenvalue weighted by molar-refractivity contribution is 9.10. The van der Waals surface area contributed by atoms with Gasteiger partial charge in [-0.05, 0) is 59.1 Å². The van der Waals surface area contributed by atoms with Crippen LogP contribution in [0.2, 0.25) is 0 Å². The first-order valence-electron chi connectivity index (χ1n) is 10.6. The predicted molar refractivity (Wildman–Crippen MR) is 131 cm³/mol. The maximum Gasteiger partial charge on any atom is 0.269 e. The topological polar surface area (TPSA) is 105 Å². The maximum absolute atomic E-state index is 13.5. The van der Waals surface area contributed by atoms with Gasteiger partial charge in [0.2, 0.25) is 0 Å². The van der Waals surface area contributed by atoms with E-state index in [0.29, 0.717) is 39.9 Å². The van der Waals surface area contributed by atoms with Crippen LogP contribution < -0.4 is 0 Å². The molecule has 0 bridgehead atoms. The molecule has 34 heavy (non-hydrogen) atoms. The van der Waals surface area contributed by atoms with Crippen molar-refractivity contribution >= 4 is 43.0 Å². The average molecular weight is 541 g/mol. The van der Waals surface area contributed by atoms with Crippen LogP contribution in [0.1, 0.15) is 21.5 Å². The molecule has 0 radical (unpaired) electrons. The third kappa shape index (κ3) is 3.81. The van der Waals surface area contributed by atoms with Crippen molar-refractivity contribution in [1.82, 2.24) is 18.8 Å². The van der Waals surface area contributed by atoms with Crippen molar-refractivity contribution in [2.24, 2.45) is 0 Å². The largest absolute Gasteiger partial charge is 0.389 e. The molecule has 174 valence electrons. The molecule has 1 aliphatic rings. The Hall–Kier alpha value is -3.08. The van der Waals surface area contributed by atoms with Crippen molar-refractivity contribution in [3.63, 3.8) is 0 Å². The molecule has 0 spiro atoms. The Balaban J connectivity index is 1.62. The maximum atomic E-state index is 13.5. The lowest BCUT2D eigenvalue weighted by molar-refractivity contribution is 0.00584. The lowest BCUT2D eigenvalue weighted by Crippen LogP contribution is -2.53. The predicted octanol–water partition coefficient (Wildman–Crippen LogP) is 3.53. The quantitative estimate of drug-likeness (QED) is 0.424. The number of hydrogen-bond acceptors (Lipinski definition) is 6. The van der Waals surface area contributed by atoms with E-state index in [-0.39, 0.29) is 16.4 Å². The lowest BCUT2D eigenvalue weighted by Gasteiger charge is -2.36. The van der Waals surface area contributed by atoms with E-state index < -0.39 is 16.1 Å². The molecule has 1 amide bonds. The van der Waals surface area contributed by atoms with Gasteiger partial charge in [-0.25, -0.2) is 22.4 Å². The number of aliphatic hydroxyl groups excluding tert-OH is 1. The van der Waals surface area contributed by atoms with Crippen LogP contribution in [-0.2, 0) is 10.0 Å². The lowest BCUT2D eigenvalue weighted by atomic mass is 9.99. The van der Waals surface area contributed by atoms with Gasteiger partial charge in [-0.2, -0.15) is 0 Å². The number of carbonyl (C=O) groups is 1. The summed E-state index contributed by atoms with van der Waals surface area (Å²) in [4.78, 5) is 23.3. The molecule has 0 aliphatic carbocycles. The average Bonchev–Trinajstić information content (AvgIpc) is 3.16. The number of benzene rings is 2. The Bertz CT molecular complexity index is 1540. The number of likely N-dealkylation sites (tertiary alicyclic amines) is 1. The van der Waals surface area contributed by atoms with Crippen molar-refractivity contribution in [2.45, 2.75) is 24.8 Å². The molecule has 8 nitrogen and oxygen atoms in total. The fraction of sp³-hybridized carbons (Fsp3) is 0.208. The second kappa shape index (κ2) is 8.30. The van der Waals surface area contributed by atoms with Gasteiger partial charge in [0.1, 0.15) is 10.1 Å². The van der Waals surface area contributed by atoms with Gasteiger partial charge in [0.15, 0.2) is 5.65 Å². The van der Waals surface area contributed by atoms with Gasteiger partial charge in [-0.15, -0.1) is 0 Å². The van der Waals surface area contributed by atoms with Gasteiger partial charge in [0.25, 0.3) is 15.9 Å². The molecular weight excluding hydrogens is 520 g/mol. The van der Waals surface area contributed by atoms with E-state index in [1.54, 1.807) is 41.3 Å². The summed E-state index contributed by atoms with van der Waals surface area (Å²) in [7, 11) is -3.91. The highest BCUT2D eigenvalue weighted by atomic mass is 79.9. The molecule has 10 heteroatoms. The third-order valence-corrected chi connectivity index (χ3v) is 7.98. The SMILES string of the molecule is Cc1ccc(S(=O)(=O)n2cc(-c3ccc(C(=O)N4CC(O)C4)c(C)c3)c3nc(Br)cnc32)cc1. The van der Waals surface area contributed by atoms with Crippen LogP contribution in [0.4, 0.5) is 0 Å². The monoisotopic (exact) mass is 540 g/mol. The molecule has 5 rings (SSSR count). The van der Waals surface area contributed by atoms with Crippen LogP contribution in [0, 0.1) is 13.8 Å². The Morgan fingerprint density at radius 3 is 2.47 bits per heavy atom. The summed E-state index contributed by atoms with van der Waals surface area (Å²) in [6.07, 6.45) is 2.51. The van der Waals surface area contributed by atoms with Crippen LogP contribution in [0.3, 0.4) is 0 Å². The number of amides is 1. The highest BCUT2D eigenvalue weighted by Gasteiger charge is 2.30. The number of rotatable bonds is 4. The van der Waals surface area contributed by atoms with E-state index in [0.717, 1.165) is 15.1 Å². The zero-order valence-electron chi connectivity index (χ0n) is 18.4.